The summed E-state index contributed by atoms with van der Waals surface area (Å²) in [6.07, 6.45) is 0. The predicted molar refractivity (Wildman–Crippen MR) is 87.1 cm³/mol. The van der Waals surface area contributed by atoms with Crippen LogP contribution in [0.3, 0.4) is 0 Å². The van der Waals surface area contributed by atoms with Crippen molar-refractivity contribution in [1.82, 2.24) is 0 Å². The summed E-state index contributed by atoms with van der Waals surface area (Å²) in [7, 11) is -3.74. The smallest absolute Gasteiger partial charge is 0.262 e. The van der Waals surface area contributed by atoms with E-state index in [9.17, 15) is 8.42 Å². The molecule has 3 rings (SSSR count). The van der Waals surface area contributed by atoms with Crippen LogP contribution in [0, 0.1) is 6.92 Å². The van der Waals surface area contributed by atoms with Gasteiger partial charge in [-0.25, -0.2) is 0 Å². The van der Waals surface area contributed by atoms with Crippen molar-refractivity contribution >= 4 is 20.9 Å². The van der Waals surface area contributed by atoms with Gasteiger partial charge in [0.05, 0.1) is 11.5 Å². The van der Waals surface area contributed by atoms with Crippen LogP contribution in [0.25, 0.3) is 10.8 Å². The Balaban J connectivity index is 1.86. The molecular weight excluding hydrogens is 296 g/mol. The van der Waals surface area contributed by atoms with Crippen LogP contribution in [-0.2, 0) is 20.9 Å². The van der Waals surface area contributed by atoms with E-state index in [0.717, 1.165) is 21.9 Å². The van der Waals surface area contributed by atoms with Crippen LogP contribution in [0.2, 0.25) is 0 Å². The highest BCUT2D eigenvalue weighted by Crippen LogP contribution is 2.21. The Kier molecular flexibility index (Phi) is 3.96. The zero-order valence-corrected chi connectivity index (χ0v) is 13.0. The van der Waals surface area contributed by atoms with Crippen LogP contribution in [0.5, 0.6) is 0 Å². The highest BCUT2D eigenvalue weighted by atomic mass is 32.2. The van der Waals surface area contributed by atoms with Crippen LogP contribution in [-0.4, -0.2) is 8.42 Å². The molecule has 0 saturated carbocycles. The quantitative estimate of drug-likeness (QED) is 0.683. The molecule has 0 aliphatic carbocycles. The van der Waals surface area contributed by atoms with Crippen molar-refractivity contribution in [3.8, 4) is 0 Å². The van der Waals surface area contributed by atoms with Gasteiger partial charge in [-0.1, -0.05) is 60.2 Å². The average Bonchev–Trinajstić information content (AvgIpc) is 2.53. The van der Waals surface area contributed by atoms with Gasteiger partial charge in [0.2, 0.25) is 0 Å². The first-order valence-corrected chi connectivity index (χ1v) is 8.40. The van der Waals surface area contributed by atoms with Crippen LogP contribution >= 0.6 is 0 Å². The Bertz CT molecular complexity index is 892. The van der Waals surface area contributed by atoms with Crippen molar-refractivity contribution in [2.45, 2.75) is 18.4 Å². The molecule has 0 aliphatic rings. The van der Waals surface area contributed by atoms with Gasteiger partial charge < -0.3 is 0 Å². The molecule has 112 valence electrons. The molecule has 3 aromatic carbocycles. The minimum absolute atomic E-state index is 0.0254. The molecule has 0 amide bonds. The normalized spacial score (nSPS) is 11.7. The van der Waals surface area contributed by atoms with Crippen molar-refractivity contribution in [2.75, 3.05) is 0 Å². The summed E-state index contributed by atoms with van der Waals surface area (Å²) < 4.78 is 29.7. The largest absolute Gasteiger partial charge is 0.297 e. The van der Waals surface area contributed by atoms with Crippen LogP contribution in [0.15, 0.2) is 71.6 Å². The Morgan fingerprint density at radius 3 is 2.32 bits per heavy atom. The minimum Gasteiger partial charge on any atom is -0.262 e. The van der Waals surface area contributed by atoms with Gasteiger partial charge in [-0.05, 0) is 35.4 Å². The molecule has 0 spiro atoms. The van der Waals surface area contributed by atoms with E-state index in [1.165, 1.54) is 0 Å². The van der Waals surface area contributed by atoms with E-state index < -0.39 is 10.1 Å². The SMILES string of the molecule is Cc1ccc(S(=O)(=O)OCc2cccc3ccccc23)cc1. The van der Waals surface area contributed by atoms with Gasteiger partial charge in [0.15, 0.2) is 0 Å². The molecule has 0 N–H and O–H groups in total. The van der Waals surface area contributed by atoms with Crippen molar-refractivity contribution < 1.29 is 12.6 Å². The summed E-state index contributed by atoms with van der Waals surface area (Å²) in [5, 5.41) is 2.07. The summed E-state index contributed by atoms with van der Waals surface area (Å²) in [4.78, 5) is 0.179. The minimum atomic E-state index is -3.74. The molecule has 0 saturated heterocycles. The van der Waals surface area contributed by atoms with Crippen molar-refractivity contribution in [3.63, 3.8) is 0 Å². The van der Waals surface area contributed by atoms with Crippen molar-refractivity contribution in [3.05, 3.63) is 77.9 Å². The molecule has 3 aromatic rings. The topological polar surface area (TPSA) is 43.4 Å². The molecule has 0 radical (unpaired) electrons. The third-order valence-corrected chi connectivity index (χ3v) is 4.84. The monoisotopic (exact) mass is 312 g/mol. The maximum atomic E-state index is 12.2. The number of hydrogen-bond donors (Lipinski definition) is 0. The molecule has 3 nitrogen and oxygen atoms in total. The zero-order valence-electron chi connectivity index (χ0n) is 12.2. The van der Waals surface area contributed by atoms with Gasteiger partial charge in [0, 0.05) is 0 Å². The third-order valence-electron chi connectivity index (χ3n) is 3.56. The lowest BCUT2D eigenvalue weighted by Gasteiger charge is -2.08. The molecule has 0 bridgehead atoms. The maximum absolute atomic E-state index is 12.2. The standard InChI is InChI=1S/C18H16O3S/c1-14-9-11-17(12-10-14)22(19,20)21-13-16-7-4-6-15-5-2-3-8-18(15)16/h2-12H,13H2,1H3. The average molecular weight is 312 g/mol. The fourth-order valence-corrected chi connectivity index (χ4v) is 3.22. The Labute approximate surface area is 130 Å². The van der Waals surface area contributed by atoms with Crippen molar-refractivity contribution in [2.24, 2.45) is 0 Å². The third kappa shape index (κ3) is 3.03. The molecule has 0 heterocycles. The van der Waals surface area contributed by atoms with E-state index >= 15 is 0 Å². The van der Waals surface area contributed by atoms with Gasteiger partial charge in [-0.2, -0.15) is 8.42 Å². The first-order valence-electron chi connectivity index (χ1n) is 6.99. The number of hydrogen-bond acceptors (Lipinski definition) is 3. The summed E-state index contributed by atoms with van der Waals surface area (Å²) in [5.41, 5.74) is 1.86. The Morgan fingerprint density at radius 1 is 0.864 bits per heavy atom. The first kappa shape index (κ1) is 14.8. The Hall–Kier alpha value is -2.17. The maximum Gasteiger partial charge on any atom is 0.297 e. The second-order valence-electron chi connectivity index (χ2n) is 5.17. The first-order chi connectivity index (χ1) is 10.6. The zero-order chi connectivity index (χ0) is 15.6. The van der Waals surface area contributed by atoms with E-state index in [-0.39, 0.29) is 11.5 Å². The lowest BCUT2D eigenvalue weighted by molar-refractivity contribution is 0.309. The molecular formula is C18H16O3S. The summed E-state index contributed by atoms with van der Waals surface area (Å²) in [6, 6.07) is 20.3. The second kappa shape index (κ2) is 5.91. The van der Waals surface area contributed by atoms with Gasteiger partial charge in [-0.15, -0.1) is 0 Å². The molecule has 4 heteroatoms. The molecule has 0 aromatic heterocycles. The van der Waals surface area contributed by atoms with Gasteiger partial charge in [0.25, 0.3) is 10.1 Å². The summed E-state index contributed by atoms with van der Waals surface area (Å²) in [5.74, 6) is 0. The molecule has 22 heavy (non-hydrogen) atoms. The van der Waals surface area contributed by atoms with Gasteiger partial charge in [-0.3, -0.25) is 4.18 Å². The summed E-state index contributed by atoms with van der Waals surface area (Å²) >= 11 is 0. The number of rotatable bonds is 4. The molecule has 0 aliphatic heterocycles. The van der Waals surface area contributed by atoms with Gasteiger partial charge in [0.1, 0.15) is 0 Å². The lowest BCUT2D eigenvalue weighted by atomic mass is 10.1. The van der Waals surface area contributed by atoms with E-state index in [1.54, 1.807) is 24.3 Å². The van der Waals surface area contributed by atoms with E-state index in [4.69, 9.17) is 4.18 Å². The van der Waals surface area contributed by atoms with Gasteiger partial charge >= 0.3 is 0 Å². The highest BCUT2D eigenvalue weighted by molar-refractivity contribution is 7.86. The summed E-state index contributed by atoms with van der Waals surface area (Å²) in [6.45, 7) is 1.94. The number of aryl methyl sites for hydroxylation is 1. The van der Waals surface area contributed by atoms with E-state index in [0.29, 0.717) is 0 Å². The number of benzene rings is 3. The fraction of sp³-hybridized carbons (Fsp3) is 0.111. The van der Waals surface area contributed by atoms with Crippen LogP contribution in [0.1, 0.15) is 11.1 Å². The second-order valence-corrected chi connectivity index (χ2v) is 6.78. The fourth-order valence-electron chi connectivity index (χ4n) is 2.33. The van der Waals surface area contributed by atoms with Crippen LogP contribution in [0.4, 0.5) is 0 Å². The van der Waals surface area contributed by atoms with Crippen LogP contribution < -0.4 is 0 Å². The predicted octanol–water partition coefficient (Wildman–Crippen LogP) is 4.05. The molecule has 0 atom stereocenters. The highest BCUT2D eigenvalue weighted by Gasteiger charge is 2.15. The van der Waals surface area contributed by atoms with E-state index in [2.05, 4.69) is 0 Å². The molecule has 0 unspecified atom stereocenters. The van der Waals surface area contributed by atoms with Crippen molar-refractivity contribution in [1.29, 1.82) is 0 Å². The molecule has 0 fully saturated rings. The Morgan fingerprint density at radius 2 is 1.55 bits per heavy atom. The number of fused-ring (bicyclic) bond motifs is 1. The lowest BCUT2D eigenvalue weighted by Crippen LogP contribution is -2.06. The van der Waals surface area contributed by atoms with E-state index in [1.807, 2.05) is 49.4 Å².